The van der Waals surface area contributed by atoms with Gasteiger partial charge in [-0.2, -0.15) is 0 Å². The number of hydrogen-bond acceptors (Lipinski definition) is 4. The third-order valence-electron chi connectivity index (χ3n) is 5.45. The highest BCUT2D eigenvalue weighted by Gasteiger charge is 2.43. The molecule has 0 N–H and O–H groups in total. The molecule has 3 fully saturated rings. The van der Waals surface area contributed by atoms with Crippen LogP contribution in [0.3, 0.4) is 0 Å². The topological polar surface area (TPSA) is 42.0 Å². The number of anilines is 1. The largest absolute Gasteiger partial charge is 0.369 e. The van der Waals surface area contributed by atoms with Gasteiger partial charge in [-0.25, -0.2) is 4.39 Å². The summed E-state index contributed by atoms with van der Waals surface area (Å²) in [5, 5.41) is 0. The van der Waals surface area contributed by atoms with Crippen molar-refractivity contribution in [2.24, 2.45) is 0 Å². The van der Waals surface area contributed by atoms with Crippen molar-refractivity contribution >= 4 is 11.6 Å². The van der Waals surface area contributed by atoms with E-state index in [1.165, 1.54) is 6.07 Å². The molecular weight excluding hydrogens is 323 g/mol. The van der Waals surface area contributed by atoms with Crippen molar-refractivity contribution in [3.8, 4) is 0 Å². The molecule has 1 amide bonds. The average Bonchev–Trinajstić information content (AvgIpc) is 3.25. The Balaban J connectivity index is 1.42. The summed E-state index contributed by atoms with van der Waals surface area (Å²) in [4.78, 5) is 16.5. The molecule has 136 valence electrons. The van der Waals surface area contributed by atoms with Crippen molar-refractivity contribution in [1.82, 2.24) is 4.90 Å². The lowest BCUT2D eigenvalue weighted by molar-refractivity contribution is -0.189. The molecule has 0 unspecified atom stereocenters. The van der Waals surface area contributed by atoms with E-state index >= 15 is 0 Å². The Morgan fingerprint density at radius 1 is 1.20 bits per heavy atom. The number of likely N-dealkylation sites (tertiary alicyclic amines) is 1. The van der Waals surface area contributed by atoms with Crippen molar-refractivity contribution in [2.45, 2.75) is 44.5 Å². The van der Waals surface area contributed by atoms with Gasteiger partial charge >= 0.3 is 0 Å². The molecule has 0 saturated carbocycles. The predicted molar refractivity (Wildman–Crippen MR) is 92.2 cm³/mol. The van der Waals surface area contributed by atoms with Crippen molar-refractivity contribution in [2.75, 3.05) is 37.7 Å². The van der Waals surface area contributed by atoms with Gasteiger partial charge in [-0.05, 0) is 38.0 Å². The van der Waals surface area contributed by atoms with Crippen LogP contribution in [-0.2, 0) is 9.47 Å². The highest BCUT2D eigenvalue weighted by molar-refractivity contribution is 5.94. The lowest BCUT2D eigenvalue weighted by atomic mass is 10.0. The lowest BCUT2D eigenvalue weighted by Gasteiger charge is -2.37. The van der Waals surface area contributed by atoms with Crippen LogP contribution in [0.25, 0.3) is 0 Å². The number of ether oxygens (including phenoxy) is 2. The summed E-state index contributed by atoms with van der Waals surface area (Å²) in [6.07, 6.45) is 3.63. The number of nitrogens with zero attached hydrogens (tertiary/aromatic N) is 2. The predicted octanol–water partition coefficient (Wildman–Crippen LogP) is 2.79. The quantitative estimate of drug-likeness (QED) is 0.824. The van der Waals surface area contributed by atoms with Gasteiger partial charge in [0, 0.05) is 44.6 Å². The molecule has 3 saturated heterocycles. The first-order valence-electron chi connectivity index (χ1n) is 9.22. The zero-order valence-electron chi connectivity index (χ0n) is 14.7. The molecule has 1 aromatic carbocycles. The van der Waals surface area contributed by atoms with E-state index in [4.69, 9.17) is 9.47 Å². The molecule has 1 spiro atoms. The number of amides is 1. The van der Waals surface area contributed by atoms with E-state index in [0.717, 1.165) is 25.9 Å². The Morgan fingerprint density at radius 3 is 2.52 bits per heavy atom. The zero-order chi connectivity index (χ0) is 17.4. The normalized spacial score (nSPS) is 25.8. The molecule has 3 aliphatic rings. The van der Waals surface area contributed by atoms with Crippen molar-refractivity contribution in [1.29, 1.82) is 0 Å². The highest BCUT2D eigenvalue weighted by Crippen LogP contribution is 2.34. The number of carbonyl (C=O) groups is 1. The summed E-state index contributed by atoms with van der Waals surface area (Å²) in [6.45, 7) is 5.52. The molecular formula is C19H25FN2O3. The molecule has 25 heavy (non-hydrogen) atoms. The molecule has 1 atom stereocenters. The van der Waals surface area contributed by atoms with Crippen molar-refractivity contribution in [3.63, 3.8) is 0 Å². The summed E-state index contributed by atoms with van der Waals surface area (Å²) in [6, 6.07) is 4.86. The van der Waals surface area contributed by atoms with Gasteiger partial charge in [0.2, 0.25) is 0 Å². The SMILES string of the molecule is C[C@H]1COC2(CCN(C(=O)c3ccc(N4CCCC4)c(F)c3)CC2)O1. The van der Waals surface area contributed by atoms with Gasteiger partial charge in [0.05, 0.1) is 18.4 Å². The minimum atomic E-state index is -0.527. The van der Waals surface area contributed by atoms with Gasteiger partial charge in [-0.1, -0.05) is 0 Å². The maximum Gasteiger partial charge on any atom is 0.253 e. The highest BCUT2D eigenvalue weighted by atomic mass is 19.1. The number of halogens is 1. The third-order valence-corrected chi connectivity index (χ3v) is 5.45. The van der Waals surface area contributed by atoms with E-state index < -0.39 is 5.79 Å². The molecule has 0 radical (unpaired) electrons. The molecule has 3 heterocycles. The van der Waals surface area contributed by atoms with Crippen LogP contribution in [0, 0.1) is 5.82 Å². The van der Waals surface area contributed by atoms with E-state index in [9.17, 15) is 9.18 Å². The van der Waals surface area contributed by atoms with Gasteiger partial charge in [0.25, 0.3) is 5.91 Å². The van der Waals surface area contributed by atoms with E-state index in [-0.39, 0.29) is 17.8 Å². The first-order valence-corrected chi connectivity index (χ1v) is 9.22. The van der Waals surface area contributed by atoms with Gasteiger partial charge in [0.1, 0.15) is 5.82 Å². The summed E-state index contributed by atoms with van der Waals surface area (Å²) >= 11 is 0. The van der Waals surface area contributed by atoms with Crippen molar-refractivity contribution < 1.29 is 18.7 Å². The maximum atomic E-state index is 14.5. The fourth-order valence-electron chi connectivity index (χ4n) is 4.05. The fraction of sp³-hybridized carbons (Fsp3) is 0.632. The number of benzene rings is 1. The minimum absolute atomic E-state index is 0.106. The molecule has 0 bridgehead atoms. The Hall–Kier alpha value is -1.66. The average molecular weight is 348 g/mol. The second kappa shape index (κ2) is 6.57. The molecule has 4 rings (SSSR count). The van der Waals surface area contributed by atoms with Gasteiger partial charge < -0.3 is 19.3 Å². The monoisotopic (exact) mass is 348 g/mol. The standard InChI is InChI=1S/C19H25FN2O3/c1-14-13-24-19(25-14)6-10-22(11-7-19)18(23)15-4-5-17(16(20)12-15)21-8-2-3-9-21/h4-5,12,14H,2-3,6-11,13H2,1H3/t14-/m0/s1. The molecule has 0 aliphatic carbocycles. The second-order valence-electron chi connectivity index (χ2n) is 7.30. The van der Waals surface area contributed by atoms with Crippen LogP contribution in [-0.4, -0.2) is 55.5 Å². The van der Waals surface area contributed by atoms with Gasteiger partial charge in [-0.15, -0.1) is 0 Å². The van der Waals surface area contributed by atoms with Crippen molar-refractivity contribution in [3.05, 3.63) is 29.6 Å². The van der Waals surface area contributed by atoms with E-state index in [1.807, 2.05) is 11.8 Å². The first kappa shape index (κ1) is 16.8. The fourth-order valence-corrected chi connectivity index (χ4v) is 4.05. The number of piperidine rings is 1. The summed E-state index contributed by atoms with van der Waals surface area (Å²) < 4.78 is 26.1. The Morgan fingerprint density at radius 2 is 1.92 bits per heavy atom. The summed E-state index contributed by atoms with van der Waals surface area (Å²) in [5.41, 5.74) is 1.02. The summed E-state index contributed by atoms with van der Waals surface area (Å²) in [5.74, 6) is -0.952. The molecule has 3 aliphatic heterocycles. The molecule has 5 nitrogen and oxygen atoms in total. The molecule has 0 aromatic heterocycles. The van der Waals surface area contributed by atoms with Crippen LogP contribution < -0.4 is 4.90 Å². The maximum absolute atomic E-state index is 14.5. The second-order valence-corrected chi connectivity index (χ2v) is 7.30. The van der Waals surface area contributed by atoms with Crippen LogP contribution in [0.1, 0.15) is 43.0 Å². The zero-order valence-corrected chi connectivity index (χ0v) is 14.7. The van der Waals surface area contributed by atoms with E-state index in [0.29, 0.717) is 43.8 Å². The van der Waals surface area contributed by atoms with Crippen LogP contribution in [0.2, 0.25) is 0 Å². The van der Waals surface area contributed by atoms with E-state index in [2.05, 4.69) is 0 Å². The Kier molecular flexibility index (Phi) is 4.41. The van der Waals surface area contributed by atoms with E-state index in [1.54, 1.807) is 17.0 Å². The van der Waals surface area contributed by atoms with Gasteiger partial charge in [-0.3, -0.25) is 4.79 Å². The number of hydrogen-bond donors (Lipinski definition) is 0. The van der Waals surface area contributed by atoms with Gasteiger partial charge in [0.15, 0.2) is 5.79 Å². The first-order chi connectivity index (χ1) is 12.1. The molecule has 6 heteroatoms. The Labute approximate surface area is 147 Å². The smallest absolute Gasteiger partial charge is 0.253 e. The number of carbonyl (C=O) groups excluding carboxylic acids is 1. The minimum Gasteiger partial charge on any atom is -0.369 e. The lowest BCUT2D eigenvalue weighted by Crippen LogP contribution is -2.47. The van der Waals surface area contributed by atoms with Crippen LogP contribution in [0.4, 0.5) is 10.1 Å². The van der Waals surface area contributed by atoms with Crippen LogP contribution >= 0.6 is 0 Å². The Bertz CT molecular complexity index is 652. The summed E-state index contributed by atoms with van der Waals surface area (Å²) in [7, 11) is 0. The number of rotatable bonds is 2. The molecule has 1 aromatic rings. The van der Waals surface area contributed by atoms with Crippen LogP contribution in [0.15, 0.2) is 18.2 Å². The van der Waals surface area contributed by atoms with Crippen LogP contribution in [0.5, 0.6) is 0 Å². The third kappa shape index (κ3) is 3.25.